The van der Waals surface area contributed by atoms with Crippen molar-refractivity contribution < 1.29 is 15.0 Å². The second-order valence-corrected chi connectivity index (χ2v) is 2.81. The molecule has 6 nitrogen and oxygen atoms in total. The van der Waals surface area contributed by atoms with Gasteiger partial charge in [-0.3, -0.25) is 14.4 Å². The molecule has 0 aliphatic heterocycles. The number of hydrogen-bond acceptors (Lipinski definition) is 5. The molecule has 1 aromatic carbocycles. The van der Waals surface area contributed by atoms with Gasteiger partial charge in [0.05, 0.1) is 0 Å². The van der Waals surface area contributed by atoms with Crippen LogP contribution in [-0.4, -0.2) is 22.7 Å². The Hall–Kier alpha value is -1.85. The van der Waals surface area contributed by atoms with E-state index in [0.29, 0.717) is 6.42 Å². The number of carbonyl (C=O) groups is 1. The van der Waals surface area contributed by atoms with E-state index in [1.54, 1.807) is 0 Å². The molecule has 1 aromatic rings. The number of anilines is 1. The van der Waals surface area contributed by atoms with Crippen LogP contribution < -0.4 is 16.2 Å². The van der Waals surface area contributed by atoms with Crippen molar-refractivity contribution in [2.75, 3.05) is 11.9 Å². The molecule has 1 rings (SSSR count). The summed E-state index contributed by atoms with van der Waals surface area (Å²) in [5, 5.41) is 19.7. The lowest BCUT2D eigenvalue weighted by Crippen LogP contribution is -2.33. The van der Waals surface area contributed by atoms with Gasteiger partial charge in [0.15, 0.2) is 5.75 Å². The summed E-state index contributed by atoms with van der Waals surface area (Å²) in [5.41, 5.74) is -1.76. The van der Waals surface area contributed by atoms with Gasteiger partial charge in [-0.1, -0.05) is 0 Å². The van der Waals surface area contributed by atoms with Gasteiger partial charge >= 0.3 is 5.97 Å². The zero-order chi connectivity index (χ0) is 10.7. The summed E-state index contributed by atoms with van der Waals surface area (Å²) in [6.45, 7) is 0.241. The Labute approximate surface area is 78.5 Å². The van der Waals surface area contributed by atoms with Gasteiger partial charge in [0, 0.05) is 13.0 Å². The van der Waals surface area contributed by atoms with Crippen LogP contribution in [0.4, 0.5) is 5.69 Å². The van der Waals surface area contributed by atoms with Gasteiger partial charge in [-0.2, -0.15) is 0 Å². The molecule has 0 amide bonds. The van der Waals surface area contributed by atoms with Gasteiger partial charge in [0.1, 0.15) is 5.69 Å². The SMILES string of the molecule is O=C(O)CCCNc1c(O)c(=O)c1=O. The van der Waals surface area contributed by atoms with E-state index in [4.69, 9.17) is 10.2 Å². The highest BCUT2D eigenvalue weighted by molar-refractivity contribution is 5.66. The molecule has 0 atom stereocenters. The van der Waals surface area contributed by atoms with Crippen LogP contribution in [0.25, 0.3) is 0 Å². The van der Waals surface area contributed by atoms with Crippen molar-refractivity contribution in [1.82, 2.24) is 0 Å². The Bertz CT molecular complexity index is 415. The van der Waals surface area contributed by atoms with E-state index in [1.165, 1.54) is 0 Å². The third-order valence-corrected chi connectivity index (χ3v) is 1.75. The number of rotatable bonds is 5. The lowest BCUT2D eigenvalue weighted by molar-refractivity contribution is -0.137. The molecule has 0 radical (unpaired) electrons. The van der Waals surface area contributed by atoms with E-state index in [0.717, 1.165) is 0 Å². The average Bonchev–Trinajstić information content (AvgIpc) is 2.15. The minimum Gasteiger partial charge on any atom is -0.502 e. The van der Waals surface area contributed by atoms with Crippen molar-refractivity contribution in [1.29, 1.82) is 0 Å². The third-order valence-electron chi connectivity index (χ3n) is 1.75. The second-order valence-electron chi connectivity index (χ2n) is 2.81. The highest BCUT2D eigenvalue weighted by Gasteiger charge is 2.18. The predicted molar refractivity (Wildman–Crippen MR) is 48.4 cm³/mol. The summed E-state index contributed by atoms with van der Waals surface area (Å²) in [7, 11) is 0. The maximum atomic E-state index is 10.8. The first kappa shape index (κ1) is 10.2. The summed E-state index contributed by atoms with van der Waals surface area (Å²) < 4.78 is 0. The van der Waals surface area contributed by atoms with E-state index in [2.05, 4.69) is 5.32 Å². The van der Waals surface area contributed by atoms with Gasteiger partial charge in [0.2, 0.25) is 0 Å². The Balaban J connectivity index is 2.37. The zero-order valence-corrected chi connectivity index (χ0v) is 7.24. The first-order valence-electron chi connectivity index (χ1n) is 4.02. The lowest BCUT2D eigenvalue weighted by Gasteiger charge is -2.07. The number of aliphatic carboxylic acids is 1. The predicted octanol–water partition coefficient (Wildman–Crippen LogP) is -0.735. The van der Waals surface area contributed by atoms with Crippen LogP contribution in [0.1, 0.15) is 12.8 Å². The quantitative estimate of drug-likeness (QED) is 0.426. The molecule has 0 aliphatic carbocycles. The maximum Gasteiger partial charge on any atom is 0.303 e. The molecule has 0 unspecified atom stereocenters. The van der Waals surface area contributed by atoms with Crippen LogP contribution in [0.3, 0.4) is 0 Å². The normalized spacial score (nSPS) is 10.3. The van der Waals surface area contributed by atoms with E-state index in [9.17, 15) is 14.4 Å². The minimum atomic E-state index is -0.930. The van der Waals surface area contributed by atoms with Crippen molar-refractivity contribution in [2.24, 2.45) is 0 Å². The van der Waals surface area contributed by atoms with Gasteiger partial charge in [-0.15, -0.1) is 0 Å². The van der Waals surface area contributed by atoms with Gasteiger partial charge < -0.3 is 15.5 Å². The maximum absolute atomic E-state index is 10.8. The molecule has 76 valence electrons. The molecule has 3 N–H and O–H groups in total. The fourth-order valence-electron chi connectivity index (χ4n) is 0.997. The lowest BCUT2D eigenvalue weighted by atomic mass is 10.2. The topological polar surface area (TPSA) is 104 Å². The molecule has 14 heavy (non-hydrogen) atoms. The Morgan fingerprint density at radius 3 is 2.43 bits per heavy atom. The molecule has 0 bridgehead atoms. The molecule has 0 aromatic heterocycles. The summed E-state index contributed by atoms with van der Waals surface area (Å²) in [4.78, 5) is 31.4. The molecule has 0 aliphatic rings. The van der Waals surface area contributed by atoms with Crippen LogP contribution in [0.15, 0.2) is 9.59 Å². The fraction of sp³-hybridized carbons (Fsp3) is 0.375. The van der Waals surface area contributed by atoms with Crippen LogP contribution in [0.2, 0.25) is 0 Å². The van der Waals surface area contributed by atoms with Crippen molar-refractivity contribution in [2.45, 2.75) is 12.8 Å². The fourth-order valence-corrected chi connectivity index (χ4v) is 0.997. The molecule has 6 heteroatoms. The molecule has 0 saturated carbocycles. The number of hydrogen-bond donors (Lipinski definition) is 3. The van der Waals surface area contributed by atoms with Crippen molar-refractivity contribution in [3.63, 3.8) is 0 Å². The van der Waals surface area contributed by atoms with Crippen LogP contribution >= 0.6 is 0 Å². The first-order valence-corrected chi connectivity index (χ1v) is 4.02. The van der Waals surface area contributed by atoms with E-state index in [1.807, 2.05) is 0 Å². The summed E-state index contributed by atoms with van der Waals surface area (Å²) in [5.74, 6) is -1.49. The Kier molecular flexibility index (Phi) is 2.85. The van der Waals surface area contributed by atoms with E-state index >= 15 is 0 Å². The largest absolute Gasteiger partial charge is 0.502 e. The average molecular weight is 199 g/mol. The smallest absolute Gasteiger partial charge is 0.303 e. The summed E-state index contributed by atoms with van der Waals surface area (Å²) in [6.07, 6.45) is 0.302. The molecular formula is C8H9NO5. The third kappa shape index (κ3) is 1.90. The number of carboxylic acids is 1. The summed E-state index contributed by atoms with van der Waals surface area (Å²) >= 11 is 0. The number of aromatic hydroxyl groups is 1. The van der Waals surface area contributed by atoms with Gasteiger partial charge in [-0.25, -0.2) is 0 Å². The van der Waals surface area contributed by atoms with Crippen molar-refractivity contribution in [3.05, 3.63) is 20.4 Å². The molecule has 0 spiro atoms. The monoisotopic (exact) mass is 199 g/mol. The highest BCUT2D eigenvalue weighted by atomic mass is 16.4. The van der Waals surface area contributed by atoms with Crippen molar-refractivity contribution in [3.8, 4) is 5.75 Å². The van der Waals surface area contributed by atoms with Crippen LogP contribution in [0, 0.1) is 0 Å². The molecule has 0 fully saturated rings. The number of carboxylic acid groups (broad SMARTS) is 1. The molecule has 0 saturated heterocycles. The van der Waals surface area contributed by atoms with Crippen molar-refractivity contribution >= 4 is 11.7 Å². The Morgan fingerprint density at radius 1 is 1.29 bits per heavy atom. The Morgan fingerprint density at radius 2 is 1.93 bits per heavy atom. The van der Waals surface area contributed by atoms with Crippen LogP contribution in [-0.2, 0) is 4.79 Å². The van der Waals surface area contributed by atoms with E-state index < -0.39 is 22.6 Å². The zero-order valence-electron chi connectivity index (χ0n) is 7.24. The molecular weight excluding hydrogens is 190 g/mol. The summed E-state index contributed by atoms with van der Waals surface area (Å²) in [6, 6.07) is 0. The van der Waals surface area contributed by atoms with E-state index in [-0.39, 0.29) is 18.7 Å². The van der Waals surface area contributed by atoms with Gasteiger partial charge in [0.25, 0.3) is 10.9 Å². The standard InChI is InChI=1S/C8H9NO5/c10-4(11)2-1-3-9-5-6(12)8(14)7(5)13/h9,12H,1-3H2,(H,10,11). The highest BCUT2D eigenvalue weighted by Crippen LogP contribution is 2.14. The minimum absolute atomic E-state index is 0.0246. The van der Waals surface area contributed by atoms with Gasteiger partial charge in [-0.05, 0) is 6.42 Å². The molecule has 0 heterocycles. The number of nitrogens with one attached hydrogen (secondary N) is 1. The van der Waals surface area contributed by atoms with Crippen LogP contribution in [0.5, 0.6) is 5.75 Å². The second kappa shape index (κ2) is 3.91. The first-order chi connectivity index (χ1) is 6.54.